The number of fused-ring (bicyclic) bond motifs is 1. The van der Waals surface area contributed by atoms with Gasteiger partial charge in [-0.3, -0.25) is 0 Å². The highest BCUT2D eigenvalue weighted by Crippen LogP contribution is 2.31. The molecule has 0 saturated carbocycles. The van der Waals surface area contributed by atoms with E-state index in [2.05, 4.69) is 16.5 Å². The van der Waals surface area contributed by atoms with Gasteiger partial charge in [0.05, 0.1) is 18.5 Å². The van der Waals surface area contributed by atoms with Gasteiger partial charge in [-0.05, 0) is 30.3 Å². The van der Waals surface area contributed by atoms with Crippen LogP contribution in [0.25, 0.3) is 16.7 Å². The Morgan fingerprint density at radius 1 is 1.22 bits per heavy atom. The quantitative estimate of drug-likeness (QED) is 0.287. The number of aromatic hydroxyl groups is 1. The predicted molar refractivity (Wildman–Crippen MR) is 123 cm³/mol. The second kappa shape index (κ2) is 8.94. The van der Waals surface area contributed by atoms with Gasteiger partial charge in [0.25, 0.3) is 0 Å². The molecule has 2 aromatic carbocycles. The molecule has 0 saturated heterocycles. The standard InChI is InChI=1S/C23H24N6O3/c1-3-20(31)28(15-7-5-4-6-8-15)12-11-17-21-22(23(24)26-14-25-21)29(27-17)16-9-10-18(30)19(13-16)32-2/h3-10,13-14,20,30-31H,1,11-12H2,2H3,(H2,24,25,26). The molecule has 0 spiro atoms. The maximum absolute atomic E-state index is 10.5. The Morgan fingerprint density at radius 3 is 2.72 bits per heavy atom. The van der Waals surface area contributed by atoms with Crippen molar-refractivity contribution in [1.82, 2.24) is 19.7 Å². The van der Waals surface area contributed by atoms with Crippen molar-refractivity contribution < 1.29 is 14.9 Å². The van der Waals surface area contributed by atoms with Crippen LogP contribution in [-0.4, -0.2) is 49.8 Å². The number of phenolic OH excluding ortho intramolecular Hbond substituents is 1. The molecule has 9 nitrogen and oxygen atoms in total. The van der Waals surface area contributed by atoms with E-state index in [0.29, 0.717) is 41.1 Å². The Labute approximate surface area is 185 Å². The van der Waals surface area contributed by atoms with E-state index in [1.807, 2.05) is 35.2 Å². The van der Waals surface area contributed by atoms with Gasteiger partial charge in [0.2, 0.25) is 0 Å². The fraction of sp³-hybridized carbons (Fsp3) is 0.174. The van der Waals surface area contributed by atoms with Crippen LogP contribution in [0.15, 0.2) is 67.5 Å². The molecule has 0 amide bonds. The summed E-state index contributed by atoms with van der Waals surface area (Å²) in [5.74, 6) is 0.619. The summed E-state index contributed by atoms with van der Waals surface area (Å²) in [4.78, 5) is 10.3. The van der Waals surface area contributed by atoms with Crippen molar-refractivity contribution in [2.24, 2.45) is 0 Å². The first-order valence-corrected chi connectivity index (χ1v) is 10.0. The second-order valence-electron chi connectivity index (χ2n) is 7.10. The monoisotopic (exact) mass is 432 g/mol. The number of benzene rings is 2. The fourth-order valence-electron chi connectivity index (χ4n) is 3.57. The van der Waals surface area contributed by atoms with Crippen LogP contribution in [0.4, 0.5) is 11.5 Å². The Bertz CT molecular complexity index is 1240. The van der Waals surface area contributed by atoms with Gasteiger partial charge in [-0.2, -0.15) is 5.10 Å². The number of aliphatic hydroxyl groups is 1. The minimum absolute atomic E-state index is 0.0223. The number of phenols is 1. The lowest BCUT2D eigenvalue weighted by atomic mass is 10.2. The number of aliphatic hydroxyl groups excluding tert-OH is 1. The maximum atomic E-state index is 10.5. The molecule has 4 rings (SSSR count). The molecule has 0 aliphatic heterocycles. The Morgan fingerprint density at radius 2 is 2.00 bits per heavy atom. The van der Waals surface area contributed by atoms with E-state index in [1.54, 1.807) is 16.8 Å². The van der Waals surface area contributed by atoms with Crippen molar-refractivity contribution >= 4 is 22.5 Å². The number of hydrogen-bond donors (Lipinski definition) is 3. The number of nitrogen functional groups attached to an aromatic ring is 1. The number of methoxy groups -OCH3 is 1. The van der Waals surface area contributed by atoms with Crippen LogP contribution in [-0.2, 0) is 6.42 Å². The third kappa shape index (κ3) is 3.93. The fourth-order valence-corrected chi connectivity index (χ4v) is 3.57. The summed E-state index contributed by atoms with van der Waals surface area (Å²) in [5, 5.41) is 25.2. The second-order valence-corrected chi connectivity index (χ2v) is 7.10. The van der Waals surface area contributed by atoms with E-state index in [9.17, 15) is 10.2 Å². The molecule has 0 aliphatic rings. The van der Waals surface area contributed by atoms with Gasteiger partial charge in [-0.1, -0.05) is 24.8 Å². The number of nitrogens with zero attached hydrogens (tertiary/aromatic N) is 5. The Balaban J connectivity index is 1.74. The summed E-state index contributed by atoms with van der Waals surface area (Å²) in [6.45, 7) is 4.17. The van der Waals surface area contributed by atoms with Crippen molar-refractivity contribution in [3.63, 3.8) is 0 Å². The first kappa shape index (κ1) is 21.1. The molecular formula is C23H24N6O3. The van der Waals surface area contributed by atoms with Crippen LogP contribution < -0.4 is 15.4 Å². The van der Waals surface area contributed by atoms with E-state index in [-0.39, 0.29) is 11.6 Å². The van der Waals surface area contributed by atoms with Crippen LogP contribution in [0, 0.1) is 0 Å². The van der Waals surface area contributed by atoms with Crippen LogP contribution in [0.5, 0.6) is 11.5 Å². The zero-order valence-electron chi connectivity index (χ0n) is 17.6. The average molecular weight is 432 g/mol. The average Bonchev–Trinajstić information content (AvgIpc) is 3.20. The van der Waals surface area contributed by atoms with E-state index in [4.69, 9.17) is 15.6 Å². The summed E-state index contributed by atoms with van der Waals surface area (Å²) in [6.07, 6.45) is 2.51. The maximum Gasteiger partial charge on any atom is 0.162 e. The number of anilines is 2. The summed E-state index contributed by atoms with van der Waals surface area (Å²) >= 11 is 0. The van der Waals surface area contributed by atoms with E-state index < -0.39 is 6.23 Å². The third-order valence-electron chi connectivity index (χ3n) is 5.17. The van der Waals surface area contributed by atoms with Gasteiger partial charge in [0.15, 0.2) is 17.3 Å². The molecule has 9 heteroatoms. The molecule has 32 heavy (non-hydrogen) atoms. The third-order valence-corrected chi connectivity index (χ3v) is 5.17. The smallest absolute Gasteiger partial charge is 0.162 e. The molecule has 0 fully saturated rings. The number of hydrogen-bond acceptors (Lipinski definition) is 8. The van der Waals surface area contributed by atoms with E-state index in [1.165, 1.54) is 25.6 Å². The van der Waals surface area contributed by atoms with Crippen LogP contribution in [0.3, 0.4) is 0 Å². The van der Waals surface area contributed by atoms with Crippen molar-refractivity contribution in [1.29, 1.82) is 0 Å². The van der Waals surface area contributed by atoms with Crippen molar-refractivity contribution in [2.45, 2.75) is 12.6 Å². The number of ether oxygens (including phenoxy) is 1. The molecule has 1 unspecified atom stereocenters. The number of para-hydroxylation sites is 1. The largest absolute Gasteiger partial charge is 0.504 e. The van der Waals surface area contributed by atoms with Crippen LogP contribution >= 0.6 is 0 Å². The zero-order chi connectivity index (χ0) is 22.7. The normalized spacial score (nSPS) is 11.9. The Kier molecular flexibility index (Phi) is 5.91. The first-order chi connectivity index (χ1) is 15.5. The van der Waals surface area contributed by atoms with Gasteiger partial charge in [-0.15, -0.1) is 0 Å². The summed E-state index contributed by atoms with van der Waals surface area (Å²) in [6, 6.07) is 14.5. The number of aromatic nitrogens is 4. The molecule has 1 atom stereocenters. The highest BCUT2D eigenvalue weighted by molar-refractivity contribution is 5.88. The van der Waals surface area contributed by atoms with E-state index >= 15 is 0 Å². The Hall–Kier alpha value is -4.11. The van der Waals surface area contributed by atoms with E-state index in [0.717, 1.165) is 5.69 Å². The molecule has 4 aromatic rings. The minimum Gasteiger partial charge on any atom is -0.504 e. The van der Waals surface area contributed by atoms with Crippen LogP contribution in [0.1, 0.15) is 5.69 Å². The van der Waals surface area contributed by atoms with Gasteiger partial charge in [0.1, 0.15) is 23.6 Å². The lowest BCUT2D eigenvalue weighted by Gasteiger charge is -2.27. The van der Waals surface area contributed by atoms with Crippen molar-refractivity contribution in [3.05, 3.63) is 73.2 Å². The van der Waals surface area contributed by atoms with Gasteiger partial charge in [0, 0.05) is 24.7 Å². The molecule has 0 bridgehead atoms. The van der Waals surface area contributed by atoms with Crippen molar-refractivity contribution in [3.8, 4) is 17.2 Å². The molecule has 4 N–H and O–H groups in total. The zero-order valence-corrected chi connectivity index (χ0v) is 17.6. The topological polar surface area (TPSA) is 123 Å². The van der Waals surface area contributed by atoms with Gasteiger partial charge in [-0.25, -0.2) is 14.6 Å². The highest BCUT2D eigenvalue weighted by atomic mass is 16.5. The van der Waals surface area contributed by atoms with Crippen LogP contribution in [0.2, 0.25) is 0 Å². The molecule has 2 heterocycles. The lowest BCUT2D eigenvalue weighted by molar-refractivity contribution is 0.217. The number of rotatable bonds is 8. The molecule has 0 aliphatic carbocycles. The summed E-state index contributed by atoms with van der Waals surface area (Å²) in [5.41, 5.74) is 9.54. The predicted octanol–water partition coefficient (Wildman–Crippen LogP) is 2.67. The summed E-state index contributed by atoms with van der Waals surface area (Å²) < 4.78 is 6.86. The van der Waals surface area contributed by atoms with Gasteiger partial charge >= 0.3 is 0 Å². The molecular weight excluding hydrogens is 408 g/mol. The highest BCUT2D eigenvalue weighted by Gasteiger charge is 2.20. The minimum atomic E-state index is -0.855. The summed E-state index contributed by atoms with van der Waals surface area (Å²) in [7, 11) is 1.48. The molecule has 2 aromatic heterocycles. The lowest BCUT2D eigenvalue weighted by Crippen LogP contribution is -2.35. The molecule has 0 radical (unpaired) electrons. The number of nitrogens with two attached hydrogens (primary N) is 1. The van der Waals surface area contributed by atoms with Crippen molar-refractivity contribution in [2.75, 3.05) is 24.3 Å². The van der Waals surface area contributed by atoms with Gasteiger partial charge < -0.3 is 25.6 Å². The SMILES string of the molecule is C=CC(O)N(CCc1nn(-c2ccc(O)c(OC)c2)c2c(N)ncnc12)c1ccccc1. The first-order valence-electron chi connectivity index (χ1n) is 10.0. The molecule has 164 valence electrons.